The van der Waals surface area contributed by atoms with E-state index in [1.54, 1.807) is 10.9 Å². The first kappa shape index (κ1) is 12.1. The summed E-state index contributed by atoms with van der Waals surface area (Å²) < 4.78 is 38.3. The molecule has 0 bridgehead atoms. The first-order valence-electron chi connectivity index (χ1n) is 4.80. The van der Waals surface area contributed by atoms with Crippen LogP contribution in [0.15, 0.2) is 35.2 Å². The minimum absolute atomic E-state index is 0.0471. The molecule has 1 aromatic heterocycles. The van der Waals surface area contributed by atoms with E-state index in [2.05, 4.69) is 4.98 Å². The monoisotopic (exact) mass is 258 g/mol. The SMILES string of the molecule is NC(c1cscn1)c1ccccc1C(F)(F)F. The molecule has 0 saturated carbocycles. The molecule has 1 aromatic carbocycles. The zero-order valence-electron chi connectivity index (χ0n) is 8.61. The third-order valence-corrected chi connectivity index (χ3v) is 2.98. The molecule has 0 fully saturated rings. The van der Waals surface area contributed by atoms with Crippen LogP contribution in [0.5, 0.6) is 0 Å². The van der Waals surface area contributed by atoms with Gasteiger partial charge in [0.05, 0.1) is 22.8 Å². The van der Waals surface area contributed by atoms with E-state index in [9.17, 15) is 13.2 Å². The normalized spacial score (nSPS) is 13.6. The van der Waals surface area contributed by atoms with E-state index in [0.29, 0.717) is 5.69 Å². The van der Waals surface area contributed by atoms with E-state index in [0.717, 1.165) is 6.07 Å². The molecule has 0 aliphatic rings. The van der Waals surface area contributed by atoms with Crippen LogP contribution in [-0.2, 0) is 6.18 Å². The van der Waals surface area contributed by atoms with Crippen LogP contribution in [0.4, 0.5) is 13.2 Å². The van der Waals surface area contributed by atoms with Crippen molar-refractivity contribution in [2.24, 2.45) is 5.73 Å². The van der Waals surface area contributed by atoms with Crippen LogP contribution in [-0.4, -0.2) is 4.98 Å². The van der Waals surface area contributed by atoms with Crippen molar-refractivity contribution in [1.29, 1.82) is 0 Å². The van der Waals surface area contributed by atoms with Gasteiger partial charge in [0.25, 0.3) is 0 Å². The lowest BCUT2D eigenvalue weighted by Crippen LogP contribution is -2.18. The summed E-state index contributed by atoms with van der Waals surface area (Å²) in [5, 5.41) is 1.65. The maximum absolute atomic E-state index is 12.8. The molecule has 2 aromatic rings. The smallest absolute Gasteiger partial charge is 0.319 e. The Hall–Kier alpha value is -1.40. The number of hydrogen-bond acceptors (Lipinski definition) is 3. The van der Waals surface area contributed by atoms with E-state index in [-0.39, 0.29) is 5.56 Å². The third kappa shape index (κ3) is 2.48. The minimum atomic E-state index is -4.40. The summed E-state index contributed by atoms with van der Waals surface area (Å²) in [5.41, 5.74) is 7.14. The summed E-state index contributed by atoms with van der Waals surface area (Å²) in [7, 11) is 0. The van der Waals surface area contributed by atoms with Gasteiger partial charge in [-0.15, -0.1) is 11.3 Å². The fourth-order valence-electron chi connectivity index (χ4n) is 1.56. The highest BCUT2D eigenvalue weighted by molar-refractivity contribution is 7.07. The van der Waals surface area contributed by atoms with Crippen LogP contribution in [0.2, 0.25) is 0 Å². The highest BCUT2D eigenvalue weighted by Gasteiger charge is 2.34. The average Bonchev–Trinajstić information content (AvgIpc) is 2.80. The van der Waals surface area contributed by atoms with Gasteiger partial charge in [-0.3, -0.25) is 0 Å². The van der Waals surface area contributed by atoms with Gasteiger partial charge in [0.15, 0.2) is 0 Å². The van der Waals surface area contributed by atoms with E-state index >= 15 is 0 Å². The number of rotatable bonds is 2. The Labute approximate surface area is 99.9 Å². The van der Waals surface area contributed by atoms with Crippen LogP contribution < -0.4 is 5.73 Å². The number of halogens is 3. The summed E-state index contributed by atoms with van der Waals surface area (Å²) in [4.78, 5) is 3.94. The summed E-state index contributed by atoms with van der Waals surface area (Å²) >= 11 is 1.30. The van der Waals surface area contributed by atoms with Crippen molar-refractivity contribution in [2.45, 2.75) is 12.2 Å². The standard InChI is InChI=1S/C11H9F3N2S/c12-11(13,14)8-4-2-1-3-7(8)10(15)9-5-17-6-16-9/h1-6,10H,15H2. The van der Waals surface area contributed by atoms with Crippen molar-refractivity contribution in [2.75, 3.05) is 0 Å². The van der Waals surface area contributed by atoms with Crippen molar-refractivity contribution >= 4 is 11.3 Å². The van der Waals surface area contributed by atoms with Crippen LogP contribution in [0.3, 0.4) is 0 Å². The predicted molar refractivity (Wildman–Crippen MR) is 59.6 cm³/mol. The number of hydrogen-bond donors (Lipinski definition) is 1. The lowest BCUT2D eigenvalue weighted by atomic mass is 9.99. The molecule has 0 radical (unpaired) electrons. The van der Waals surface area contributed by atoms with E-state index < -0.39 is 17.8 Å². The van der Waals surface area contributed by atoms with Gasteiger partial charge in [0.2, 0.25) is 0 Å². The summed E-state index contributed by atoms with van der Waals surface area (Å²) in [6.45, 7) is 0. The Balaban J connectivity index is 2.46. The first-order chi connectivity index (χ1) is 8.00. The van der Waals surface area contributed by atoms with Gasteiger partial charge >= 0.3 is 6.18 Å². The molecular formula is C11H9F3N2S. The zero-order chi connectivity index (χ0) is 12.5. The van der Waals surface area contributed by atoms with Crippen molar-refractivity contribution in [3.63, 3.8) is 0 Å². The molecule has 90 valence electrons. The van der Waals surface area contributed by atoms with Gasteiger partial charge in [-0.05, 0) is 11.6 Å². The summed E-state index contributed by atoms with van der Waals surface area (Å²) in [5.74, 6) is 0. The Morgan fingerprint density at radius 2 is 1.94 bits per heavy atom. The molecule has 0 aliphatic carbocycles. The minimum Gasteiger partial charge on any atom is -0.319 e. The van der Waals surface area contributed by atoms with Gasteiger partial charge in [-0.1, -0.05) is 18.2 Å². The maximum Gasteiger partial charge on any atom is 0.416 e. The molecule has 6 heteroatoms. The molecule has 17 heavy (non-hydrogen) atoms. The lowest BCUT2D eigenvalue weighted by molar-refractivity contribution is -0.138. The zero-order valence-corrected chi connectivity index (χ0v) is 9.42. The molecule has 1 unspecified atom stereocenters. The molecule has 2 N–H and O–H groups in total. The Morgan fingerprint density at radius 1 is 1.24 bits per heavy atom. The molecule has 0 saturated heterocycles. The summed E-state index contributed by atoms with van der Waals surface area (Å²) in [6, 6.07) is 4.45. The average molecular weight is 258 g/mol. The Morgan fingerprint density at radius 3 is 2.53 bits per heavy atom. The van der Waals surface area contributed by atoms with Gasteiger partial charge in [0.1, 0.15) is 0 Å². The molecule has 1 heterocycles. The van der Waals surface area contributed by atoms with E-state index in [1.807, 2.05) is 0 Å². The van der Waals surface area contributed by atoms with Gasteiger partial charge in [-0.2, -0.15) is 13.2 Å². The fourth-order valence-corrected chi connectivity index (χ4v) is 2.15. The lowest BCUT2D eigenvalue weighted by Gasteiger charge is -2.16. The van der Waals surface area contributed by atoms with Crippen molar-refractivity contribution < 1.29 is 13.2 Å². The predicted octanol–water partition coefficient (Wildman–Crippen LogP) is 3.21. The second-order valence-electron chi connectivity index (χ2n) is 3.48. The number of nitrogens with zero attached hydrogens (tertiary/aromatic N) is 1. The van der Waals surface area contributed by atoms with Gasteiger partial charge in [0, 0.05) is 5.38 Å². The second-order valence-corrected chi connectivity index (χ2v) is 4.19. The first-order valence-corrected chi connectivity index (χ1v) is 5.74. The van der Waals surface area contributed by atoms with Crippen LogP contribution in [0.25, 0.3) is 0 Å². The number of alkyl halides is 3. The largest absolute Gasteiger partial charge is 0.416 e. The molecule has 0 spiro atoms. The molecule has 0 amide bonds. The molecule has 2 nitrogen and oxygen atoms in total. The number of thiazole rings is 1. The molecular weight excluding hydrogens is 249 g/mol. The Kier molecular flexibility index (Phi) is 3.17. The fraction of sp³-hybridized carbons (Fsp3) is 0.182. The molecule has 1 atom stereocenters. The van der Waals surface area contributed by atoms with Crippen molar-refractivity contribution in [3.05, 3.63) is 52.0 Å². The quantitative estimate of drug-likeness (QED) is 0.898. The second kappa shape index (κ2) is 4.46. The van der Waals surface area contributed by atoms with Crippen LogP contribution in [0, 0.1) is 0 Å². The number of nitrogens with two attached hydrogens (primary N) is 1. The van der Waals surface area contributed by atoms with E-state index in [4.69, 9.17) is 5.73 Å². The highest BCUT2D eigenvalue weighted by atomic mass is 32.1. The van der Waals surface area contributed by atoms with E-state index in [1.165, 1.54) is 29.5 Å². The van der Waals surface area contributed by atoms with Gasteiger partial charge in [-0.25, -0.2) is 4.98 Å². The van der Waals surface area contributed by atoms with Gasteiger partial charge < -0.3 is 5.73 Å². The maximum atomic E-state index is 12.8. The van der Waals surface area contributed by atoms with Crippen LogP contribution >= 0.6 is 11.3 Å². The number of aromatic nitrogens is 1. The third-order valence-electron chi connectivity index (χ3n) is 2.37. The highest BCUT2D eigenvalue weighted by Crippen LogP contribution is 2.35. The van der Waals surface area contributed by atoms with Crippen molar-refractivity contribution in [3.8, 4) is 0 Å². The molecule has 2 rings (SSSR count). The van der Waals surface area contributed by atoms with Crippen LogP contribution in [0.1, 0.15) is 22.9 Å². The Bertz CT molecular complexity index is 494. The van der Waals surface area contributed by atoms with Crippen molar-refractivity contribution in [1.82, 2.24) is 4.98 Å². The summed E-state index contributed by atoms with van der Waals surface area (Å²) in [6.07, 6.45) is -4.40. The topological polar surface area (TPSA) is 38.9 Å². The molecule has 0 aliphatic heterocycles. The number of benzene rings is 1.